The Hall–Kier alpha value is -3.96. The van der Waals surface area contributed by atoms with E-state index in [0.29, 0.717) is 18.8 Å². The number of aromatic nitrogens is 2. The molecule has 2 N–H and O–H groups in total. The maximum Gasteiger partial charge on any atom is 0.338 e. The number of rotatable bonds is 6. The van der Waals surface area contributed by atoms with Crippen LogP contribution < -0.4 is 21.9 Å². The summed E-state index contributed by atoms with van der Waals surface area (Å²) in [6, 6.07) is 4.02. The Morgan fingerprint density at radius 3 is 2.33 bits per heavy atom. The fraction of sp³-hybridized carbons (Fsp3) is 0.429. The van der Waals surface area contributed by atoms with Gasteiger partial charge >= 0.3 is 11.7 Å². The number of ketones is 1. The molecule has 0 unspecified atom stereocenters. The van der Waals surface area contributed by atoms with E-state index in [1.54, 1.807) is 0 Å². The summed E-state index contributed by atoms with van der Waals surface area (Å²) >= 11 is 0. The van der Waals surface area contributed by atoms with E-state index in [-0.39, 0.29) is 17.1 Å². The number of nitro benzene ring substituents is 1. The van der Waals surface area contributed by atoms with Crippen LogP contribution >= 0.6 is 0 Å². The minimum atomic E-state index is -0.964. The molecule has 0 saturated carbocycles. The van der Waals surface area contributed by atoms with E-state index in [2.05, 4.69) is 0 Å². The molecule has 0 aliphatic carbocycles. The molecule has 3 rings (SSSR count). The molecular formula is C21H25N5O7. The minimum absolute atomic E-state index is 0.102. The van der Waals surface area contributed by atoms with Crippen LogP contribution in [0.15, 0.2) is 27.8 Å². The van der Waals surface area contributed by atoms with Gasteiger partial charge in [-0.05, 0) is 25.0 Å². The SMILES string of the molecule is Cn1c(N)c(C(=O)COC(=O)c2ccc(N3CCCCCC3)c([N+](=O)[O-])c2)c(=O)n(C)c1=O. The Kier molecular flexibility index (Phi) is 6.95. The number of esters is 1. The van der Waals surface area contributed by atoms with Crippen LogP contribution in [0.1, 0.15) is 46.4 Å². The summed E-state index contributed by atoms with van der Waals surface area (Å²) in [7, 11) is 2.49. The van der Waals surface area contributed by atoms with Crippen molar-refractivity contribution < 1.29 is 19.2 Å². The lowest BCUT2D eigenvalue weighted by Gasteiger charge is -2.22. The van der Waals surface area contributed by atoms with Crippen molar-refractivity contribution in [1.29, 1.82) is 0 Å². The highest BCUT2D eigenvalue weighted by molar-refractivity contribution is 6.02. The minimum Gasteiger partial charge on any atom is -0.454 e. The van der Waals surface area contributed by atoms with Crippen LogP contribution in [-0.4, -0.2) is 45.5 Å². The van der Waals surface area contributed by atoms with Gasteiger partial charge in [0.1, 0.15) is 17.1 Å². The molecule has 33 heavy (non-hydrogen) atoms. The number of ether oxygens (including phenoxy) is 1. The van der Waals surface area contributed by atoms with E-state index in [1.807, 2.05) is 4.90 Å². The van der Waals surface area contributed by atoms with E-state index in [9.17, 15) is 29.3 Å². The van der Waals surface area contributed by atoms with Crippen molar-refractivity contribution in [3.63, 3.8) is 0 Å². The molecule has 1 saturated heterocycles. The lowest BCUT2D eigenvalue weighted by atomic mass is 10.1. The zero-order chi connectivity index (χ0) is 24.3. The molecule has 12 nitrogen and oxygen atoms in total. The summed E-state index contributed by atoms with van der Waals surface area (Å²) in [5.41, 5.74) is 3.74. The summed E-state index contributed by atoms with van der Waals surface area (Å²) in [6.45, 7) is 0.558. The lowest BCUT2D eigenvalue weighted by Crippen LogP contribution is -2.42. The number of hydrogen-bond acceptors (Lipinski definition) is 9. The highest BCUT2D eigenvalue weighted by Gasteiger charge is 2.25. The summed E-state index contributed by atoms with van der Waals surface area (Å²) in [5, 5.41) is 11.6. The Labute approximate surface area is 188 Å². The largest absolute Gasteiger partial charge is 0.454 e. The Morgan fingerprint density at radius 2 is 1.73 bits per heavy atom. The Balaban J connectivity index is 1.80. The molecule has 2 heterocycles. The van der Waals surface area contributed by atoms with Crippen molar-refractivity contribution in [3.8, 4) is 0 Å². The number of nitro groups is 1. The number of hydrogen-bond donors (Lipinski definition) is 1. The van der Waals surface area contributed by atoms with Gasteiger partial charge in [-0.2, -0.15) is 0 Å². The first kappa shape index (κ1) is 23.7. The van der Waals surface area contributed by atoms with Crippen molar-refractivity contribution >= 4 is 28.9 Å². The molecule has 0 spiro atoms. The average molecular weight is 459 g/mol. The number of carbonyl (C=O) groups is 2. The zero-order valence-electron chi connectivity index (χ0n) is 18.4. The van der Waals surface area contributed by atoms with Gasteiger partial charge in [0.25, 0.3) is 11.2 Å². The first-order chi connectivity index (χ1) is 15.6. The van der Waals surface area contributed by atoms with Gasteiger partial charge in [0.2, 0.25) is 5.78 Å². The van der Waals surface area contributed by atoms with Gasteiger partial charge in [-0.1, -0.05) is 12.8 Å². The van der Waals surface area contributed by atoms with E-state index < -0.39 is 40.1 Å². The Bertz CT molecular complexity index is 1220. The van der Waals surface area contributed by atoms with E-state index >= 15 is 0 Å². The van der Waals surface area contributed by atoms with Gasteiger partial charge in [0.15, 0.2) is 6.61 Å². The third kappa shape index (κ3) is 4.78. The summed E-state index contributed by atoms with van der Waals surface area (Å²) in [5.74, 6) is -2.21. The lowest BCUT2D eigenvalue weighted by molar-refractivity contribution is -0.384. The molecule has 0 bridgehead atoms. The zero-order valence-corrected chi connectivity index (χ0v) is 18.4. The van der Waals surface area contributed by atoms with Crippen molar-refractivity contribution in [1.82, 2.24) is 9.13 Å². The second-order valence-electron chi connectivity index (χ2n) is 7.83. The predicted octanol–water partition coefficient (Wildman–Crippen LogP) is 0.995. The summed E-state index contributed by atoms with van der Waals surface area (Å²) in [6.07, 6.45) is 3.98. The standard InChI is InChI=1S/C21H25N5O7/c1-23-18(22)17(19(28)24(2)21(23)30)16(27)12-33-20(29)13-7-8-14(15(11-13)26(31)32)25-9-5-3-4-6-10-25/h7-8,11H,3-6,9-10,12,22H2,1-2H3. The van der Waals surface area contributed by atoms with Crippen molar-refractivity contribution in [3.05, 3.63) is 60.3 Å². The van der Waals surface area contributed by atoms with Crippen molar-refractivity contribution in [2.75, 3.05) is 30.3 Å². The van der Waals surface area contributed by atoms with Crippen LogP contribution in [0.3, 0.4) is 0 Å². The van der Waals surface area contributed by atoms with Crippen LogP contribution in [0.25, 0.3) is 0 Å². The highest BCUT2D eigenvalue weighted by Crippen LogP contribution is 2.31. The normalized spacial score (nSPS) is 13.9. The Morgan fingerprint density at radius 1 is 1.09 bits per heavy atom. The second-order valence-corrected chi connectivity index (χ2v) is 7.83. The summed E-state index contributed by atoms with van der Waals surface area (Å²) < 4.78 is 6.64. The van der Waals surface area contributed by atoms with Crippen LogP contribution in [0.5, 0.6) is 0 Å². The number of carbonyl (C=O) groups excluding carboxylic acids is 2. The second kappa shape index (κ2) is 9.67. The number of anilines is 2. The fourth-order valence-electron chi connectivity index (χ4n) is 3.78. The van der Waals surface area contributed by atoms with Crippen molar-refractivity contribution in [2.45, 2.75) is 25.7 Å². The fourth-order valence-corrected chi connectivity index (χ4v) is 3.78. The van der Waals surface area contributed by atoms with Crippen molar-refractivity contribution in [2.24, 2.45) is 14.1 Å². The predicted molar refractivity (Wildman–Crippen MR) is 120 cm³/mol. The van der Waals surface area contributed by atoms with Crippen LogP contribution in [-0.2, 0) is 18.8 Å². The molecule has 1 aromatic carbocycles. The topological polar surface area (TPSA) is 160 Å². The van der Waals surface area contributed by atoms with Crippen LogP contribution in [0.2, 0.25) is 0 Å². The van der Waals surface area contributed by atoms with E-state index in [1.165, 1.54) is 26.2 Å². The van der Waals surface area contributed by atoms with Gasteiger partial charge in [-0.15, -0.1) is 0 Å². The molecule has 2 aromatic rings. The molecular weight excluding hydrogens is 434 g/mol. The molecule has 176 valence electrons. The van der Waals surface area contributed by atoms with Crippen LogP contribution in [0, 0.1) is 10.1 Å². The van der Waals surface area contributed by atoms with E-state index in [4.69, 9.17) is 10.5 Å². The molecule has 1 fully saturated rings. The first-order valence-electron chi connectivity index (χ1n) is 10.4. The van der Waals surface area contributed by atoms with Gasteiger partial charge < -0.3 is 15.4 Å². The van der Waals surface area contributed by atoms with Gasteiger partial charge in [-0.25, -0.2) is 9.59 Å². The maximum absolute atomic E-state index is 12.5. The smallest absolute Gasteiger partial charge is 0.338 e. The third-order valence-corrected chi connectivity index (χ3v) is 5.68. The number of nitrogen functional groups attached to an aromatic ring is 1. The molecule has 1 aliphatic heterocycles. The molecule has 0 radical (unpaired) electrons. The first-order valence-corrected chi connectivity index (χ1v) is 10.4. The number of benzene rings is 1. The van der Waals surface area contributed by atoms with E-state index in [0.717, 1.165) is 40.9 Å². The maximum atomic E-state index is 12.5. The van der Waals surface area contributed by atoms with Gasteiger partial charge in [0, 0.05) is 33.3 Å². The third-order valence-electron chi connectivity index (χ3n) is 5.68. The monoisotopic (exact) mass is 459 g/mol. The molecule has 0 amide bonds. The molecule has 1 aromatic heterocycles. The quantitative estimate of drug-likeness (QED) is 0.287. The number of nitrogens with two attached hydrogens (primary N) is 1. The summed E-state index contributed by atoms with van der Waals surface area (Å²) in [4.78, 5) is 62.1. The number of nitrogens with zero attached hydrogens (tertiary/aromatic N) is 4. The van der Waals surface area contributed by atoms with Crippen LogP contribution in [0.4, 0.5) is 17.2 Å². The average Bonchev–Trinajstić information content (AvgIpc) is 3.09. The number of Topliss-reactive ketones (excluding diaryl/α,β-unsaturated/α-hetero) is 1. The molecule has 1 aliphatic rings. The molecule has 12 heteroatoms. The van der Waals surface area contributed by atoms with Gasteiger partial charge in [-0.3, -0.25) is 28.8 Å². The highest BCUT2D eigenvalue weighted by atomic mass is 16.6. The van der Waals surface area contributed by atoms with Gasteiger partial charge in [0.05, 0.1) is 10.5 Å². The molecule has 0 atom stereocenters.